The number of imidazole rings is 1. The number of para-hydroxylation sites is 1. The van der Waals surface area contributed by atoms with Gasteiger partial charge in [-0.2, -0.15) is 0 Å². The molecule has 152 valence electrons. The van der Waals surface area contributed by atoms with Gasteiger partial charge in [0.2, 0.25) is 0 Å². The third kappa shape index (κ3) is 3.60. The van der Waals surface area contributed by atoms with Crippen LogP contribution in [0.15, 0.2) is 47.3 Å². The standard InChI is InChI=1S/C22H26N4O3/c1-22(2,3)19-13-25(10-11-26(19)21(28)29)18-7-5-4-6-15(18)14-8-9-16-17(12-14)24-20(27)23-16/h4-9,12,19H,10-11,13H2,1-3H3,(H,28,29)(H2,23,24,27). The van der Waals surface area contributed by atoms with Crippen molar-refractivity contribution in [2.24, 2.45) is 5.41 Å². The Bertz CT molecular complexity index is 1110. The molecule has 1 amide bonds. The summed E-state index contributed by atoms with van der Waals surface area (Å²) in [6, 6.07) is 13.9. The molecule has 2 heterocycles. The zero-order valence-corrected chi connectivity index (χ0v) is 16.9. The lowest BCUT2D eigenvalue weighted by Gasteiger charge is -2.47. The average molecular weight is 394 g/mol. The van der Waals surface area contributed by atoms with Crippen molar-refractivity contribution in [1.29, 1.82) is 0 Å². The average Bonchev–Trinajstić information content (AvgIpc) is 3.06. The highest BCUT2D eigenvalue weighted by Crippen LogP contribution is 2.35. The van der Waals surface area contributed by atoms with Crippen LogP contribution >= 0.6 is 0 Å². The van der Waals surface area contributed by atoms with Crippen LogP contribution in [0.1, 0.15) is 20.8 Å². The number of nitrogens with one attached hydrogen (secondary N) is 2. The van der Waals surface area contributed by atoms with Crippen LogP contribution in [0.3, 0.4) is 0 Å². The summed E-state index contributed by atoms with van der Waals surface area (Å²) in [6.07, 6.45) is -0.861. The Balaban J connectivity index is 1.72. The van der Waals surface area contributed by atoms with Crippen LogP contribution in [-0.2, 0) is 0 Å². The van der Waals surface area contributed by atoms with Crippen molar-refractivity contribution in [3.63, 3.8) is 0 Å². The van der Waals surface area contributed by atoms with Crippen molar-refractivity contribution in [3.05, 3.63) is 52.9 Å². The van der Waals surface area contributed by atoms with E-state index in [1.165, 1.54) is 0 Å². The number of amides is 1. The van der Waals surface area contributed by atoms with Crippen molar-refractivity contribution in [3.8, 4) is 11.1 Å². The van der Waals surface area contributed by atoms with Crippen molar-refractivity contribution < 1.29 is 9.90 Å². The molecule has 3 aromatic rings. The van der Waals surface area contributed by atoms with Gasteiger partial charge in [-0.1, -0.05) is 45.0 Å². The smallest absolute Gasteiger partial charge is 0.407 e. The van der Waals surface area contributed by atoms with Crippen LogP contribution in [0.5, 0.6) is 0 Å². The van der Waals surface area contributed by atoms with E-state index in [0.717, 1.165) is 27.8 Å². The number of piperazine rings is 1. The molecule has 0 radical (unpaired) electrons. The van der Waals surface area contributed by atoms with Gasteiger partial charge in [-0.3, -0.25) is 0 Å². The molecule has 1 saturated heterocycles. The Hall–Kier alpha value is -3.22. The largest absolute Gasteiger partial charge is 0.465 e. The number of H-pyrrole nitrogens is 2. The SMILES string of the molecule is CC(C)(C)C1CN(c2ccccc2-c2ccc3[nH]c(=O)[nH]c3c2)CCN1C(=O)O. The van der Waals surface area contributed by atoms with Gasteiger partial charge >= 0.3 is 11.8 Å². The van der Waals surface area contributed by atoms with Gasteiger partial charge in [-0.15, -0.1) is 0 Å². The Labute approximate surface area is 169 Å². The molecule has 29 heavy (non-hydrogen) atoms. The van der Waals surface area contributed by atoms with Crippen LogP contribution in [0.2, 0.25) is 0 Å². The number of carboxylic acid groups (broad SMARTS) is 1. The van der Waals surface area contributed by atoms with Crippen molar-refractivity contribution in [1.82, 2.24) is 14.9 Å². The Morgan fingerprint density at radius 3 is 2.52 bits per heavy atom. The fourth-order valence-corrected chi connectivity index (χ4v) is 4.17. The second-order valence-electron chi connectivity index (χ2n) is 8.66. The molecular formula is C22H26N4O3. The number of aromatic amines is 2. The lowest BCUT2D eigenvalue weighted by molar-refractivity contribution is 0.0749. The summed E-state index contributed by atoms with van der Waals surface area (Å²) >= 11 is 0. The third-order valence-electron chi connectivity index (χ3n) is 5.70. The van der Waals surface area contributed by atoms with E-state index in [9.17, 15) is 14.7 Å². The number of rotatable bonds is 2. The second-order valence-corrected chi connectivity index (χ2v) is 8.66. The zero-order chi connectivity index (χ0) is 20.8. The van der Waals surface area contributed by atoms with E-state index in [1.807, 2.05) is 30.3 Å². The summed E-state index contributed by atoms with van der Waals surface area (Å²) in [5, 5.41) is 9.64. The van der Waals surface area contributed by atoms with E-state index in [-0.39, 0.29) is 17.1 Å². The Morgan fingerprint density at radius 1 is 1.07 bits per heavy atom. The molecule has 1 fully saturated rings. The summed E-state index contributed by atoms with van der Waals surface area (Å²) < 4.78 is 0. The van der Waals surface area contributed by atoms with Gasteiger partial charge in [0, 0.05) is 30.9 Å². The predicted octanol–water partition coefficient (Wildman–Crippen LogP) is 3.74. The van der Waals surface area contributed by atoms with Crippen LogP contribution in [0.25, 0.3) is 22.2 Å². The normalized spacial score (nSPS) is 17.7. The molecule has 1 aliphatic rings. The van der Waals surface area contributed by atoms with Gasteiger partial charge in [0.25, 0.3) is 0 Å². The topological polar surface area (TPSA) is 92.4 Å². The molecular weight excluding hydrogens is 368 g/mol. The van der Waals surface area contributed by atoms with Crippen molar-refractivity contribution in [2.75, 3.05) is 24.5 Å². The zero-order valence-electron chi connectivity index (χ0n) is 16.9. The lowest BCUT2D eigenvalue weighted by Crippen LogP contribution is -2.59. The first kappa shape index (κ1) is 19.1. The minimum absolute atomic E-state index is 0.106. The van der Waals surface area contributed by atoms with E-state index >= 15 is 0 Å². The maximum Gasteiger partial charge on any atom is 0.407 e. The van der Waals surface area contributed by atoms with E-state index < -0.39 is 6.09 Å². The number of hydrogen-bond donors (Lipinski definition) is 3. The number of aromatic nitrogens is 2. The Morgan fingerprint density at radius 2 is 1.79 bits per heavy atom. The summed E-state index contributed by atoms with van der Waals surface area (Å²) in [7, 11) is 0. The molecule has 1 aromatic heterocycles. The van der Waals surface area contributed by atoms with Gasteiger partial charge in [0.1, 0.15) is 0 Å². The van der Waals surface area contributed by atoms with Crippen LogP contribution in [0.4, 0.5) is 10.5 Å². The lowest BCUT2D eigenvalue weighted by atomic mass is 9.84. The Kier molecular flexibility index (Phi) is 4.61. The minimum atomic E-state index is -0.861. The monoisotopic (exact) mass is 394 g/mol. The quantitative estimate of drug-likeness (QED) is 0.617. The fraction of sp³-hybridized carbons (Fsp3) is 0.364. The van der Waals surface area contributed by atoms with Gasteiger partial charge in [0.05, 0.1) is 17.1 Å². The molecule has 4 rings (SSSR count). The highest BCUT2D eigenvalue weighted by Gasteiger charge is 2.38. The number of carbonyl (C=O) groups is 1. The van der Waals surface area contributed by atoms with Crippen LogP contribution in [0, 0.1) is 5.41 Å². The predicted molar refractivity (Wildman–Crippen MR) is 115 cm³/mol. The first-order valence-electron chi connectivity index (χ1n) is 9.80. The fourth-order valence-electron chi connectivity index (χ4n) is 4.17. The molecule has 0 saturated carbocycles. The van der Waals surface area contributed by atoms with Gasteiger partial charge < -0.3 is 24.9 Å². The molecule has 3 N–H and O–H groups in total. The number of hydrogen-bond acceptors (Lipinski definition) is 3. The van der Waals surface area contributed by atoms with Crippen molar-refractivity contribution >= 4 is 22.8 Å². The molecule has 7 nitrogen and oxygen atoms in total. The molecule has 1 aliphatic heterocycles. The van der Waals surface area contributed by atoms with Crippen molar-refractivity contribution in [2.45, 2.75) is 26.8 Å². The van der Waals surface area contributed by atoms with E-state index in [4.69, 9.17) is 0 Å². The summed E-state index contributed by atoms with van der Waals surface area (Å²) in [5.41, 5.74) is 4.30. The third-order valence-corrected chi connectivity index (χ3v) is 5.70. The molecule has 0 aliphatic carbocycles. The second kappa shape index (κ2) is 6.99. The van der Waals surface area contributed by atoms with E-state index in [0.29, 0.717) is 19.6 Å². The number of benzene rings is 2. The number of fused-ring (bicyclic) bond motifs is 1. The molecule has 0 spiro atoms. The van der Waals surface area contributed by atoms with Gasteiger partial charge in [-0.25, -0.2) is 9.59 Å². The maximum absolute atomic E-state index is 11.7. The molecule has 0 bridgehead atoms. The summed E-state index contributed by atoms with van der Waals surface area (Å²) in [5.74, 6) is 0. The van der Waals surface area contributed by atoms with Crippen LogP contribution < -0.4 is 10.6 Å². The first-order chi connectivity index (χ1) is 13.7. The minimum Gasteiger partial charge on any atom is -0.465 e. The number of nitrogens with zero attached hydrogens (tertiary/aromatic N) is 2. The van der Waals surface area contributed by atoms with Gasteiger partial charge in [0.15, 0.2) is 0 Å². The van der Waals surface area contributed by atoms with Gasteiger partial charge in [-0.05, 0) is 29.2 Å². The first-order valence-corrected chi connectivity index (χ1v) is 9.80. The van der Waals surface area contributed by atoms with E-state index in [1.54, 1.807) is 4.90 Å². The highest BCUT2D eigenvalue weighted by molar-refractivity contribution is 5.86. The summed E-state index contributed by atoms with van der Waals surface area (Å²) in [4.78, 5) is 32.8. The van der Waals surface area contributed by atoms with E-state index in [2.05, 4.69) is 47.8 Å². The summed E-state index contributed by atoms with van der Waals surface area (Å²) in [6.45, 7) is 7.99. The molecule has 2 aromatic carbocycles. The molecule has 1 atom stereocenters. The van der Waals surface area contributed by atoms with Crippen LogP contribution in [-0.4, -0.2) is 51.7 Å². The molecule has 1 unspecified atom stereocenters. The number of anilines is 1. The highest BCUT2D eigenvalue weighted by atomic mass is 16.4. The maximum atomic E-state index is 11.7. The molecule has 7 heteroatoms.